The highest BCUT2D eigenvalue weighted by Crippen LogP contribution is 2.36. The lowest BCUT2D eigenvalue weighted by Gasteiger charge is -2.35. The minimum Gasteiger partial charge on any atom is -0.463 e. The van der Waals surface area contributed by atoms with Crippen molar-refractivity contribution in [2.75, 3.05) is 13.2 Å². The summed E-state index contributed by atoms with van der Waals surface area (Å²) in [4.78, 5) is 23.0. The maximum absolute atomic E-state index is 11.8. The second-order valence-corrected chi connectivity index (χ2v) is 12.7. The molecule has 0 aromatic rings. The molecule has 1 atom stereocenters. The molecular weight excluding hydrogens is 360 g/mol. The molecule has 0 aromatic heterocycles. The summed E-state index contributed by atoms with van der Waals surface area (Å²) >= 11 is 0. The van der Waals surface area contributed by atoms with Crippen LogP contribution in [0.1, 0.15) is 48.0 Å². The van der Waals surface area contributed by atoms with Gasteiger partial charge < -0.3 is 13.9 Å². The average molecular weight is 397 g/mol. The smallest absolute Gasteiger partial charge is 0.331 e. The lowest BCUT2D eigenvalue weighted by molar-refractivity contribution is -0.142. The fourth-order valence-electron chi connectivity index (χ4n) is 1.70. The van der Waals surface area contributed by atoms with Crippen molar-refractivity contribution in [2.45, 2.75) is 72.2 Å². The first-order chi connectivity index (χ1) is 12.4. The van der Waals surface area contributed by atoms with E-state index in [1.165, 1.54) is 0 Å². The van der Waals surface area contributed by atoms with Crippen molar-refractivity contribution in [2.24, 2.45) is 0 Å². The van der Waals surface area contributed by atoms with Gasteiger partial charge in [-0.1, -0.05) is 45.4 Å². The zero-order chi connectivity index (χ0) is 21.1. The minimum atomic E-state index is -1.75. The van der Waals surface area contributed by atoms with E-state index in [-0.39, 0.29) is 17.7 Å². The number of carbonyl (C=O) groups excluding carboxylic acids is 2. The molecule has 0 fully saturated rings. The SMILES string of the molecule is CCOC(=O)/C=C/C(=O)OC(/C=C/C(C)=C/CO[Si](C)(C)C(C)(C)C)CC. The molecule has 1 unspecified atom stereocenters. The van der Waals surface area contributed by atoms with Gasteiger partial charge in [0.25, 0.3) is 0 Å². The third-order valence-corrected chi connectivity index (χ3v) is 9.04. The first-order valence-electron chi connectivity index (χ1n) is 9.47. The van der Waals surface area contributed by atoms with Crippen LogP contribution in [-0.2, 0) is 23.5 Å². The van der Waals surface area contributed by atoms with Crippen LogP contribution in [0.4, 0.5) is 0 Å². The van der Waals surface area contributed by atoms with Gasteiger partial charge >= 0.3 is 11.9 Å². The van der Waals surface area contributed by atoms with Gasteiger partial charge in [0.05, 0.1) is 13.2 Å². The van der Waals surface area contributed by atoms with Crippen molar-refractivity contribution in [1.29, 1.82) is 0 Å². The molecule has 154 valence electrons. The van der Waals surface area contributed by atoms with E-state index < -0.39 is 20.3 Å². The third-order valence-electron chi connectivity index (χ3n) is 4.54. The fourth-order valence-corrected chi connectivity index (χ4v) is 2.63. The maximum Gasteiger partial charge on any atom is 0.331 e. The predicted molar refractivity (Wildman–Crippen MR) is 112 cm³/mol. The molecule has 0 saturated carbocycles. The Labute approximate surface area is 165 Å². The number of allylic oxidation sites excluding steroid dienone is 2. The van der Waals surface area contributed by atoms with E-state index in [9.17, 15) is 9.59 Å². The molecule has 0 spiro atoms. The summed E-state index contributed by atoms with van der Waals surface area (Å²) in [6, 6.07) is 0. The van der Waals surface area contributed by atoms with Crippen molar-refractivity contribution in [1.82, 2.24) is 0 Å². The number of carbonyl (C=O) groups is 2. The van der Waals surface area contributed by atoms with Gasteiger partial charge in [0.15, 0.2) is 8.32 Å². The molecule has 6 heteroatoms. The molecule has 0 amide bonds. The van der Waals surface area contributed by atoms with Crippen LogP contribution in [-0.4, -0.2) is 39.6 Å². The maximum atomic E-state index is 11.8. The van der Waals surface area contributed by atoms with Gasteiger partial charge in [-0.15, -0.1) is 0 Å². The van der Waals surface area contributed by atoms with E-state index in [4.69, 9.17) is 13.9 Å². The van der Waals surface area contributed by atoms with Crippen LogP contribution in [0, 0.1) is 0 Å². The molecule has 0 aliphatic heterocycles. The van der Waals surface area contributed by atoms with Crippen LogP contribution >= 0.6 is 0 Å². The Morgan fingerprint density at radius 1 is 1.04 bits per heavy atom. The Morgan fingerprint density at radius 2 is 1.63 bits per heavy atom. The van der Waals surface area contributed by atoms with Gasteiger partial charge in [0.2, 0.25) is 0 Å². The Morgan fingerprint density at radius 3 is 2.15 bits per heavy atom. The highest BCUT2D eigenvalue weighted by molar-refractivity contribution is 6.74. The zero-order valence-electron chi connectivity index (χ0n) is 18.1. The molecule has 0 heterocycles. The van der Waals surface area contributed by atoms with Crippen LogP contribution in [0.3, 0.4) is 0 Å². The predicted octanol–water partition coefficient (Wildman–Crippen LogP) is 4.95. The molecule has 5 nitrogen and oxygen atoms in total. The van der Waals surface area contributed by atoms with Crippen molar-refractivity contribution in [3.63, 3.8) is 0 Å². The van der Waals surface area contributed by atoms with E-state index in [2.05, 4.69) is 33.9 Å². The van der Waals surface area contributed by atoms with Crippen molar-refractivity contribution in [3.05, 3.63) is 36.0 Å². The Kier molecular flexibility index (Phi) is 11.2. The molecule has 0 saturated heterocycles. The second kappa shape index (κ2) is 11.9. The van der Waals surface area contributed by atoms with Crippen LogP contribution in [0.2, 0.25) is 18.1 Å². The summed E-state index contributed by atoms with van der Waals surface area (Å²) < 4.78 is 16.2. The Bertz CT molecular complexity index is 568. The van der Waals surface area contributed by atoms with Gasteiger partial charge in [0, 0.05) is 12.2 Å². The molecule has 0 radical (unpaired) electrons. The van der Waals surface area contributed by atoms with E-state index in [1.807, 2.05) is 32.1 Å². The van der Waals surface area contributed by atoms with Crippen LogP contribution in [0.25, 0.3) is 0 Å². The van der Waals surface area contributed by atoms with Gasteiger partial charge in [-0.05, 0) is 44.5 Å². The molecule has 0 N–H and O–H groups in total. The number of esters is 2. The Hall–Kier alpha value is -1.66. The number of hydrogen-bond donors (Lipinski definition) is 0. The first kappa shape index (κ1) is 25.3. The summed E-state index contributed by atoms with van der Waals surface area (Å²) in [5, 5.41) is 0.184. The molecule has 27 heavy (non-hydrogen) atoms. The summed E-state index contributed by atoms with van der Waals surface area (Å²) in [5.74, 6) is -1.12. The minimum absolute atomic E-state index is 0.184. The van der Waals surface area contributed by atoms with E-state index in [0.29, 0.717) is 13.0 Å². The second-order valence-electron chi connectivity index (χ2n) is 7.85. The third kappa shape index (κ3) is 10.9. The van der Waals surface area contributed by atoms with E-state index in [1.54, 1.807) is 6.92 Å². The number of hydrogen-bond acceptors (Lipinski definition) is 5. The van der Waals surface area contributed by atoms with E-state index >= 15 is 0 Å². The van der Waals surface area contributed by atoms with Gasteiger partial charge in [-0.3, -0.25) is 0 Å². The summed E-state index contributed by atoms with van der Waals surface area (Å²) in [7, 11) is -1.75. The lowest BCUT2D eigenvalue weighted by atomic mass is 10.2. The average Bonchev–Trinajstić information content (AvgIpc) is 2.55. The fraction of sp³-hybridized carbons (Fsp3) is 0.619. The molecular formula is C21H36O5Si. The monoisotopic (exact) mass is 396 g/mol. The van der Waals surface area contributed by atoms with Crippen molar-refractivity contribution >= 4 is 20.3 Å². The van der Waals surface area contributed by atoms with Crippen LogP contribution in [0.5, 0.6) is 0 Å². The molecule has 0 aliphatic rings. The van der Waals surface area contributed by atoms with Crippen molar-refractivity contribution in [3.8, 4) is 0 Å². The first-order valence-corrected chi connectivity index (χ1v) is 12.4. The van der Waals surface area contributed by atoms with Crippen LogP contribution in [0.15, 0.2) is 36.0 Å². The number of ether oxygens (including phenoxy) is 2. The van der Waals surface area contributed by atoms with Crippen molar-refractivity contribution < 1.29 is 23.5 Å². The summed E-state index contributed by atoms with van der Waals surface area (Å²) in [6.07, 6.45) is 8.25. The quantitative estimate of drug-likeness (QED) is 0.226. The molecule has 0 aromatic carbocycles. The molecule has 0 aliphatic carbocycles. The van der Waals surface area contributed by atoms with E-state index in [0.717, 1.165) is 17.7 Å². The highest BCUT2D eigenvalue weighted by Gasteiger charge is 2.36. The van der Waals surface area contributed by atoms with Gasteiger partial charge in [0.1, 0.15) is 6.10 Å². The lowest BCUT2D eigenvalue weighted by Crippen LogP contribution is -2.40. The Balaban J connectivity index is 4.61. The number of rotatable bonds is 10. The normalized spacial score (nSPS) is 14.6. The standard InChI is InChI=1S/C21H36O5Si/c1-9-18(26-20(23)14-13-19(22)24-10-2)12-11-17(3)15-16-25-27(7,8)21(4,5)6/h11-15,18H,9-10,16H2,1-8H3/b12-11+,14-13+,17-15+. The molecule has 0 bridgehead atoms. The van der Waals surface area contributed by atoms with Crippen LogP contribution < -0.4 is 0 Å². The van der Waals surface area contributed by atoms with Gasteiger partial charge in [-0.25, -0.2) is 9.59 Å². The van der Waals surface area contributed by atoms with Gasteiger partial charge in [-0.2, -0.15) is 0 Å². The topological polar surface area (TPSA) is 61.8 Å². The summed E-state index contributed by atoms with van der Waals surface area (Å²) in [5.41, 5.74) is 1.05. The molecule has 0 rings (SSSR count). The largest absolute Gasteiger partial charge is 0.463 e. The zero-order valence-corrected chi connectivity index (χ0v) is 19.1. The highest BCUT2D eigenvalue weighted by atomic mass is 28.4. The summed E-state index contributed by atoms with van der Waals surface area (Å²) in [6.45, 7) is 17.6.